The van der Waals surface area contributed by atoms with Crippen LogP contribution in [0.15, 0.2) is 12.5 Å². The summed E-state index contributed by atoms with van der Waals surface area (Å²) in [4.78, 5) is 18.2. The van der Waals surface area contributed by atoms with E-state index in [4.69, 9.17) is 5.73 Å². The van der Waals surface area contributed by atoms with E-state index in [0.29, 0.717) is 31.4 Å². The first-order valence-corrected chi connectivity index (χ1v) is 7.25. The first-order valence-electron chi connectivity index (χ1n) is 7.25. The molecule has 20 heavy (non-hydrogen) atoms. The third-order valence-corrected chi connectivity index (χ3v) is 3.36. The number of rotatable bonds is 9. The minimum atomic E-state index is -0.113. The van der Waals surface area contributed by atoms with Crippen molar-refractivity contribution in [1.29, 1.82) is 0 Å². The van der Waals surface area contributed by atoms with Crippen molar-refractivity contribution in [1.82, 2.24) is 19.8 Å². The molecule has 0 spiro atoms. The van der Waals surface area contributed by atoms with Crippen molar-refractivity contribution in [3.63, 3.8) is 0 Å². The maximum Gasteiger partial charge on any atom is 0.271 e. The fraction of sp³-hybridized carbons (Fsp3) is 0.714. The lowest BCUT2D eigenvalue weighted by Crippen LogP contribution is -2.29. The molecule has 1 rings (SSSR count). The molecule has 0 fully saturated rings. The zero-order valence-corrected chi connectivity index (χ0v) is 12.8. The summed E-state index contributed by atoms with van der Waals surface area (Å²) in [5.41, 5.74) is 5.91. The summed E-state index contributed by atoms with van der Waals surface area (Å²) in [5.74, 6) is -0.113. The highest BCUT2D eigenvalue weighted by atomic mass is 16.1. The van der Waals surface area contributed by atoms with Crippen LogP contribution in [0.3, 0.4) is 0 Å². The molecule has 1 aromatic rings. The number of nitrogens with two attached hydrogens (primary N) is 1. The second-order valence-corrected chi connectivity index (χ2v) is 5.32. The second-order valence-electron chi connectivity index (χ2n) is 5.32. The minimum Gasteiger partial charge on any atom is -0.351 e. The van der Waals surface area contributed by atoms with Gasteiger partial charge in [-0.05, 0) is 40.3 Å². The van der Waals surface area contributed by atoms with E-state index in [1.54, 1.807) is 12.5 Å². The van der Waals surface area contributed by atoms with Gasteiger partial charge in [0, 0.05) is 31.9 Å². The van der Waals surface area contributed by atoms with Crippen LogP contribution in [0.4, 0.5) is 0 Å². The summed E-state index contributed by atoms with van der Waals surface area (Å²) in [6.07, 6.45) is 5.43. The largest absolute Gasteiger partial charge is 0.351 e. The smallest absolute Gasteiger partial charge is 0.271 e. The summed E-state index contributed by atoms with van der Waals surface area (Å²) in [7, 11) is 2.12. The van der Waals surface area contributed by atoms with Gasteiger partial charge >= 0.3 is 0 Å². The van der Waals surface area contributed by atoms with Crippen molar-refractivity contribution in [2.24, 2.45) is 5.73 Å². The zero-order valence-electron chi connectivity index (χ0n) is 12.8. The van der Waals surface area contributed by atoms with Crippen molar-refractivity contribution >= 4 is 5.91 Å². The fourth-order valence-corrected chi connectivity index (χ4v) is 1.79. The van der Waals surface area contributed by atoms with E-state index < -0.39 is 0 Å². The Morgan fingerprint density at radius 2 is 2.25 bits per heavy atom. The number of imidazole rings is 1. The highest BCUT2D eigenvalue weighted by molar-refractivity contribution is 5.91. The Morgan fingerprint density at radius 1 is 1.50 bits per heavy atom. The maximum atomic E-state index is 11.8. The molecule has 0 saturated carbocycles. The van der Waals surface area contributed by atoms with E-state index in [2.05, 4.69) is 36.1 Å². The number of carbonyl (C=O) groups excluding carboxylic acids is 1. The van der Waals surface area contributed by atoms with Crippen LogP contribution in [0.1, 0.15) is 37.2 Å². The Balaban J connectivity index is 2.19. The molecule has 0 atom stereocenters. The first kappa shape index (κ1) is 16.7. The summed E-state index contributed by atoms with van der Waals surface area (Å²) in [6.45, 7) is 7.33. The first-order chi connectivity index (χ1) is 9.54. The molecular weight excluding hydrogens is 254 g/mol. The van der Waals surface area contributed by atoms with Gasteiger partial charge in [-0.15, -0.1) is 0 Å². The number of unbranched alkanes of at least 4 members (excludes halogenated alkanes) is 1. The van der Waals surface area contributed by atoms with E-state index in [0.717, 1.165) is 19.4 Å². The monoisotopic (exact) mass is 281 g/mol. The standard InChI is InChI=1S/C14H27N5O/c1-12(2)18(3)8-5-4-7-16-14(20)13-10-19(9-6-15)11-17-13/h10-12H,4-9,15H2,1-3H3,(H,16,20). The zero-order chi connectivity index (χ0) is 15.0. The summed E-state index contributed by atoms with van der Waals surface area (Å²) in [5, 5.41) is 2.89. The summed E-state index contributed by atoms with van der Waals surface area (Å²) in [6, 6.07) is 0.566. The van der Waals surface area contributed by atoms with Crippen molar-refractivity contribution in [2.75, 3.05) is 26.7 Å². The molecule has 0 unspecified atom stereocenters. The molecule has 1 aromatic heterocycles. The molecule has 114 valence electrons. The molecule has 0 aromatic carbocycles. The van der Waals surface area contributed by atoms with Gasteiger partial charge in [0.1, 0.15) is 5.69 Å². The van der Waals surface area contributed by atoms with Crippen LogP contribution in [-0.2, 0) is 6.54 Å². The van der Waals surface area contributed by atoms with Gasteiger partial charge in [0.05, 0.1) is 6.33 Å². The van der Waals surface area contributed by atoms with Crippen LogP contribution in [0, 0.1) is 0 Å². The maximum absolute atomic E-state index is 11.8. The van der Waals surface area contributed by atoms with Gasteiger partial charge in [0.15, 0.2) is 0 Å². The normalized spacial score (nSPS) is 11.3. The van der Waals surface area contributed by atoms with Gasteiger partial charge in [0.25, 0.3) is 5.91 Å². The number of nitrogens with one attached hydrogen (secondary N) is 1. The van der Waals surface area contributed by atoms with Crippen LogP contribution in [-0.4, -0.2) is 53.1 Å². The van der Waals surface area contributed by atoms with Gasteiger partial charge < -0.3 is 20.5 Å². The second kappa shape index (κ2) is 8.71. The lowest BCUT2D eigenvalue weighted by molar-refractivity contribution is 0.0948. The Morgan fingerprint density at radius 3 is 2.90 bits per heavy atom. The molecule has 6 heteroatoms. The summed E-state index contributed by atoms with van der Waals surface area (Å²) >= 11 is 0. The molecule has 1 amide bonds. The predicted octanol–water partition coefficient (Wildman–Crippen LogP) is 0.692. The number of hydrogen-bond acceptors (Lipinski definition) is 4. The number of carbonyl (C=O) groups is 1. The highest BCUT2D eigenvalue weighted by Gasteiger charge is 2.08. The molecule has 0 aliphatic heterocycles. The van der Waals surface area contributed by atoms with Crippen LogP contribution < -0.4 is 11.1 Å². The number of aromatic nitrogens is 2. The Labute approximate surface area is 121 Å². The van der Waals surface area contributed by atoms with Gasteiger partial charge in [0.2, 0.25) is 0 Å². The molecule has 0 bridgehead atoms. The van der Waals surface area contributed by atoms with Gasteiger partial charge in [-0.3, -0.25) is 4.79 Å². The van der Waals surface area contributed by atoms with Crippen molar-refractivity contribution in [3.05, 3.63) is 18.2 Å². The molecule has 6 nitrogen and oxygen atoms in total. The Bertz CT molecular complexity index is 402. The van der Waals surface area contributed by atoms with Crippen LogP contribution >= 0.6 is 0 Å². The average Bonchev–Trinajstić information content (AvgIpc) is 2.87. The molecule has 1 heterocycles. The van der Waals surface area contributed by atoms with Crippen molar-refractivity contribution in [3.8, 4) is 0 Å². The van der Waals surface area contributed by atoms with E-state index in [1.807, 2.05) is 4.57 Å². The fourth-order valence-electron chi connectivity index (χ4n) is 1.79. The summed E-state index contributed by atoms with van der Waals surface area (Å²) < 4.78 is 1.83. The van der Waals surface area contributed by atoms with Crippen LogP contribution in [0.2, 0.25) is 0 Å². The quantitative estimate of drug-likeness (QED) is 0.653. The Hall–Kier alpha value is -1.40. The van der Waals surface area contributed by atoms with E-state index >= 15 is 0 Å². The third-order valence-electron chi connectivity index (χ3n) is 3.36. The highest BCUT2D eigenvalue weighted by Crippen LogP contribution is 1.99. The lowest BCUT2D eigenvalue weighted by Gasteiger charge is -2.20. The predicted molar refractivity (Wildman–Crippen MR) is 80.6 cm³/mol. The van der Waals surface area contributed by atoms with Gasteiger partial charge in [-0.25, -0.2) is 4.98 Å². The lowest BCUT2D eigenvalue weighted by atomic mass is 10.2. The minimum absolute atomic E-state index is 0.113. The number of nitrogens with zero attached hydrogens (tertiary/aromatic N) is 3. The molecule has 0 aliphatic carbocycles. The SMILES string of the molecule is CC(C)N(C)CCCCNC(=O)c1cn(CCN)cn1. The number of amides is 1. The molecular formula is C14H27N5O. The van der Waals surface area contributed by atoms with E-state index in [-0.39, 0.29) is 5.91 Å². The topological polar surface area (TPSA) is 76.2 Å². The molecule has 0 radical (unpaired) electrons. The number of hydrogen-bond donors (Lipinski definition) is 2. The van der Waals surface area contributed by atoms with Crippen LogP contribution in [0.25, 0.3) is 0 Å². The van der Waals surface area contributed by atoms with Crippen molar-refractivity contribution in [2.45, 2.75) is 39.3 Å². The van der Waals surface area contributed by atoms with E-state index in [9.17, 15) is 4.79 Å². The van der Waals surface area contributed by atoms with E-state index in [1.165, 1.54) is 0 Å². The van der Waals surface area contributed by atoms with Gasteiger partial charge in [-0.2, -0.15) is 0 Å². The average molecular weight is 281 g/mol. The van der Waals surface area contributed by atoms with Gasteiger partial charge in [-0.1, -0.05) is 0 Å². The van der Waals surface area contributed by atoms with Crippen molar-refractivity contribution < 1.29 is 4.79 Å². The third kappa shape index (κ3) is 5.71. The molecule has 0 aliphatic rings. The molecule has 3 N–H and O–H groups in total. The molecule has 0 saturated heterocycles. The Kier molecular flexibility index (Phi) is 7.25. The van der Waals surface area contributed by atoms with Crippen LogP contribution in [0.5, 0.6) is 0 Å².